The summed E-state index contributed by atoms with van der Waals surface area (Å²) < 4.78 is 68.9. The van der Waals surface area contributed by atoms with Gasteiger partial charge in [-0.25, -0.2) is 8.78 Å². The maximum Gasteiger partial charge on any atom is 0.126 e. The SMILES string of the molecule is CC1CCCc2ccccc21.CC1CCOc2cc(F)ccc21.CC1CCOc2ccc(C#N)cc21.CC1CCOc2ccc(F)cc21.CC1CCOc2ccccc21.CC1CCc2ccc(Cl)cc21.CC1CCc2ccccc21.CC1CCc2ccccc2C1C.CC1COc2ccccc21.COc1ccc2c(c1)C(C)CCO2.Cc1ccc2c(c1)C(C)CCO2. The molecule has 0 aromatic heterocycles. The van der Waals surface area contributed by atoms with Crippen LogP contribution in [0.5, 0.6) is 46.0 Å². The van der Waals surface area contributed by atoms with Gasteiger partial charge in [0.15, 0.2) is 0 Å². The molecule has 0 bridgehead atoms. The highest BCUT2D eigenvalue weighted by Gasteiger charge is 2.27. The summed E-state index contributed by atoms with van der Waals surface area (Å²) in [6.07, 6.45) is 18.3. The lowest BCUT2D eigenvalue weighted by molar-refractivity contribution is 0.270. The second-order valence-electron chi connectivity index (χ2n) is 36.6. The number of ether oxygens (including phenoxy) is 8. The lowest BCUT2D eigenvalue weighted by Gasteiger charge is -2.28. The molecule has 0 amide bonds. The van der Waals surface area contributed by atoms with Gasteiger partial charge >= 0.3 is 0 Å². The van der Waals surface area contributed by atoms with Crippen molar-refractivity contribution in [3.63, 3.8) is 0 Å². The van der Waals surface area contributed by atoms with E-state index in [9.17, 15) is 8.78 Å². The zero-order chi connectivity index (χ0) is 89.9. The third kappa shape index (κ3) is 26.6. The van der Waals surface area contributed by atoms with Gasteiger partial charge in [-0.05, 0) is 332 Å². The molecule has 0 spiro atoms. The molecule has 4 aliphatic carbocycles. The topological polar surface area (TPSA) is 97.6 Å². The predicted molar refractivity (Wildman–Crippen MR) is 518 cm³/mol. The molecule has 7 heterocycles. The zero-order valence-corrected chi connectivity index (χ0v) is 78.5. The van der Waals surface area contributed by atoms with E-state index >= 15 is 0 Å². The lowest BCUT2D eigenvalue weighted by Crippen LogP contribution is -2.15. The Morgan fingerprint density at radius 3 is 1.21 bits per heavy atom. The van der Waals surface area contributed by atoms with E-state index in [1.165, 1.54) is 120 Å². The number of nitrogens with zero attached hydrogens (tertiary/aromatic N) is 1. The van der Waals surface area contributed by atoms with Crippen molar-refractivity contribution in [3.8, 4) is 52.1 Å². The van der Waals surface area contributed by atoms with E-state index in [2.05, 4.69) is 230 Å². The van der Waals surface area contributed by atoms with Crippen molar-refractivity contribution in [2.75, 3.05) is 53.4 Å². The molecule has 7 aliphatic heterocycles. The monoisotopic (exact) mass is 1730 g/mol. The van der Waals surface area contributed by atoms with Crippen LogP contribution in [0.15, 0.2) is 231 Å². The number of aryl methyl sites for hydroxylation is 5. The van der Waals surface area contributed by atoms with E-state index in [1.54, 1.807) is 58.7 Å². The van der Waals surface area contributed by atoms with Gasteiger partial charge in [-0.2, -0.15) is 5.26 Å². The molecule has 12 heteroatoms. The van der Waals surface area contributed by atoms with Gasteiger partial charge in [0.05, 0.1) is 65.0 Å². The molecular weight excluding hydrogens is 1600 g/mol. The summed E-state index contributed by atoms with van der Waals surface area (Å²) in [5.41, 5.74) is 23.1. The van der Waals surface area contributed by atoms with Gasteiger partial charge < -0.3 is 37.9 Å². The fraction of sp³-hybridized carbons (Fsp3) is 0.417. The highest BCUT2D eigenvalue weighted by atomic mass is 35.5. The van der Waals surface area contributed by atoms with Crippen LogP contribution in [0.3, 0.4) is 0 Å². The number of halogens is 3. The standard InChI is InChI=1S/C12H16.C11H11NO.C11H14O2.C11H14O.C11H14.C10H11Cl.2C10H11FO.C10H12O.C10H12.C9H10O/c1-9-7-8-11-5-3-4-6-12(11)10(9)2;1-8-4-5-13-11-3-2-9(7-12)6-10(8)11;1-8-5-6-13-11-4-3-9(12-2)7-10(8)11;1-8-3-4-11-10(7-8)9(2)5-6-12-11;1-9-5-4-7-10-6-2-3-8-11(9)10;1-7-2-3-8-4-5-9(11)6-10(7)8;1-7-4-5-12-10-3-2-8(11)6-9(7)10;1-7-4-5-12-10-6-8(11)2-3-9(7)10;1-8-6-7-11-10-5-3-2-4-9(8)10;1-8-6-7-9-4-2-3-5-10(8)9;1-7-6-10-9-5-3-2-4-8(7)9/h3-6,9-10H,7-8H2,1-2H3;2-3,6,8H,4-5H2,1H3;3-4,7-8H,5-6H2,1-2H3;3-4,7,9H,5-6H2,1-2H3;2-3,6,8-9H,4-5,7H2,1H3;4-7H,2-3H2,1H3;2*2-3,6-7H,4-5H2,1H3;2-5,8H,6-7H2,1H3;2-5,8H,6-7H2,1H3;2-5,7H,6H2,1H3. The molecule has 12 unspecified atom stereocenters. The van der Waals surface area contributed by atoms with Crippen LogP contribution in [-0.2, 0) is 25.7 Å². The van der Waals surface area contributed by atoms with Crippen LogP contribution in [0, 0.1) is 35.8 Å². The number of fused-ring (bicyclic) bond motifs is 11. The first-order chi connectivity index (χ1) is 61.5. The molecule has 12 atom stereocenters. The zero-order valence-electron chi connectivity index (χ0n) is 77.8. The molecule has 0 radical (unpaired) electrons. The quantitative estimate of drug-likeness (QED) is 0.159. The largest absolute Gasteiger partial charge is 0.497 e. The van der Waals surface area contributed by atoms with Crippen LogP contribution in [-0.4, -0.2) is 53.4 Å². The molecule has 0 saturated carbocycles. The van der Waals surface area contributed by atoms with E-state index in [-0.39, 0.29) is 11.6 Å². The van der Waals surface area contributed by atoms with E-state index in [1.807, 2.05) is 60.7 Å². The molecule has 0 N–H and O–H groups in total. The Labute approximate surface area is 763 Å². The Balaban J connectivity index is 0.000000127. The van der Waals surface area contributed by atoms with Gasteiger partial charge in [-0.15, -0.1) is 0 Å². The number of benzene rings is 11. The fourth-order valence-corrected chi connectivity index (χ4v) is 18.8. The molecule has 11 aromatic rings. The van der Waals surface area contributed by atoms with Crippen molar-refractivity contribution in [1.29, 1.82) is 5.26 Å². The van der Waals surface area contributed by atoms with Gasteiger partial charge in [-0.3, -0.25) is 0 Å². The van der Waals surface area contributed by atoms with Crippen molar-refractivity contribution in [1.82, 2.24) is 0 Å². The first-order valence-electron chi connectivity index (χ1n) is 47.0. The Morgan fingerprint density at radius 1 is 0.307 bits per heavy atom. The van der Waals surface area contributed by atoms with Crippen LogP contribution in [0.25, 0.3) is 0 Å². The van der Waals surface area contributed by atoms with Gasteiger partial charge in [-0.1, -0.05) is 234 Å². The van der Waals surface area contributed by atoms with Gasteiger partial charge in [0.1, 0.15) is 57.6 Å². The average molecular weight is 1730 g/mol. The summed E-state index contributed by atoms with van der Waals surface area (Å²) in [6.45, 7) is 34.8. The Hall–Kier alpha value is -10.5. The predicted octanol–water partition coefficient (Wildman–Crippen LogP) is 30.7. The van der Waals surface area contributed by atoms with Crippen molar-refractivity contribution in [2.24, 2.45) is 5.92 Å². The minimum atomic E-state index is -0.220. The summed E-state index contributed by atoms with van der Waals surface area (Å²) in [5.74, 6) is 15.1. The molecule has 11 aromatic carbocycles. The molecule has 670 valence electrons. The van der Waals surface area contributed by atoms with Crippen molar-refractivity contribution in [3.05, 3.63) is 342 Å². The molecule has 127 heavy (non-hydrogen) atoms. The van der Waals surface area contributed by atoms with Crippen molar-refractivity contribution < 1.29 is 46.7 Å². The van der Waals surface area contributed by atoms with Crippen molar-refractivity contribution in [2.45, 2.75) is 251 Å². The highest BCUT2D eigenvalue weighted by Crippen LogP contribution is 2.43. The van der Waals surface area contributed by atoms with Gasteiger partial charge in [0.25, 0.3) is 0 Å². The normalized spacial score (nSPS) is 22.1. The molecule has 0 saturated heterocycles. The van der Waals surface area contributed by atoms with E-state index < -0.39 is 0 Å². The summed E-state index contributed by atoms with van der Waals surface area (Å²) in [6, 6.07) is 79.0. The third-order valence-corrected chi connectivity index (χ3v) is 27.5. The van der Waals surface area contributed by atoms with Gasteiger partial charge in [0, 0.05) is 28.1 Å². The first-order valence-corrected chi connectivity index (χ1v) is 47.4. The number of methoxy groups -OCH3 is 1. The molecule has 9 nitrogen and oxygen atoms in total. The van der Waals surface area contributed by atoms with Crippen LogP contribution < -0.4 is 37.9 Å². The van der Waals surface area contributed by atoms with Crippen LogP contribution in [0.2, 0.25) is 5.02 Å². The number of rotatable bonds is 1. The van der Waals surface area contributed by atoms with Gasteiger partial charge in [0.2, 0.25) is 0 Å². The number of nitriles is 1. The molecule has 22 rings (SSSR count). The second-order valence-corrected chi connectivity index (χ2v) is 37.0. The smallest absolute Gasteiger partial charge is 0.126 e. The molecular formula is C115H136ClF2NO8. The maximum absolute atomic E-state index is 12.8. The second kappa shape index (κ2) is 47.5. The van der Waals surface area contributed by atoms with Crippen molar-refractivity contribution >= 4 is 11.6 Å². The minimum Gasteiger partial charge on any atom is -0.497 e. The summed E-state index contributed by atoms with van der Waals surface area (Å²) >= 11 is 5.89. The average Bonchev–Trinajstić information content (AvgIpc) is 1.45. The highest BCUT2D eigenvalue weighted by molar-refractivity contribution is 6.30. The summed E-state index contributed by atoms with van der Waals surface area (Å²) in [7, 11) is 1.69. The Bertz CT molecular complexity index is 5210. The Morgan fingerprint density at radius 2 is 0.685 bits per heavy atom. The Kier molecular flexibility index (Phi) is 35.7. The van der Waals surface area contributed by atoms with E-state index in [4.69, 9.17) is 54.8 Å². The van der Waals surface area contributed by atoms with Crippen LogP contribution >= 0.6 is 11.6 Å². The summed E-state index contributed by atoms with van der Waals surface area (Å²) in [5, 5.41) is 9.61. The number of para-hydroxylation sites is 2. The van der Waals surface area contributed by atoms with E-state index in [0.717, 1.165) is 164 Å². The third-order valence-electron chi connectivity index (χ3n) is 27.2. The summed E-state index contributed by atoms with van der Waals surface area (Å²) in [4.78, 5) is 0. The fourth-order valence-electron chi connectivity index (χ4n) is 18.6. The molecule has 11 aliphatic rings. The maximum atomic E-state index is 12.8. The number of hydrogen-bond acceptors (Lipinski definition) is 9. The number of hydrogen-bond donors (Lipinski definition) is 0. The van der Waals surface area contributed by atoms with Crippen LogP contribution in [0.4, 0.5) is 8.78 Å². The first kappa shape index (κ1) is 95.6. The lowest BCUT2D eigenvalue weighted by atomic mass is 9.77. The molecule has 0 fully saturated rings. The van der Waals surface area contributed by atoms with E-state index in [0.29, 0.717) is 59.7 Å². The van der Waals surface area contributed by atoms with Crippen LogP contribution in [0.1, 0.15) is 313 Å². The minimum absolute atomic E-state index is 0.175.